The van der Waals surface area contributed by atoms with E-state index in [4.69, 9.17) is 14.0 Å². The third kappa shape index (κ3) is 5.60. The summed E-state index contributed by atoms with van der Waals surface area (Å²) in [6.07, 6.45) is 0. The summed E-state index contributed by atoms with van der Waals surface area (Å²) in [5.41, 5.74) is 2.02. The maximum Gasteiger partial charge on any atom is 0.309 e. The van der Waals surface area contributed by atoms with Gasteiger partial charge in [-0.1, -0.05) is 42.4 Å². The Morgan fingerprint density at radius 1 is 1.14 bits per heavy atom. The fourth-order valence-corrected chi connectivity index (χ4v) is 3.47. The third-order valence-corrected chi connectivity index (χ3v) is 5.30. The Bertz CT molecular complexity index is 881. The molecule has 2 aromatic carbocycles. The summed E-state index contributed by atoms with van der Waals surface area (Å²) in [4.78, 5) is 16.4. The smallest absolute Gasteiger partial charge is 0.309 e. The maximum atomic E-state index is 12.2. The summed E-state index contributed by atoms with van der Waals surface area (Å²) in [6, 6.07) is 17.5. The molecule has 1 heterocycles. The van der Waals surface area contributed by atoms with E-state index in [0.717, 1.165) is 17.1 Å². The lowest BCUT2D eigenvalue weighted by Crippen LogP contribution is -2.17. The lowest BCUT2D eigenvalue weighted by molar-refractivity contribution is -0.148. The van der Waals surface area contributed by atoms with Crippen molar-refractivity contribution in [3.63, 3.8) is 0 Å². The van der Waals surface area contributed by atoms with Crippen LogP contribution in [0.1, 0.15) is 18.3 Å². The van der Waals surface area contributed by atoms with Crippen molar-refractivity contribution >= 4 is 17.7 Å². The second kappa shape index (κ2) is 9.94. The van der Waals surface area contributed by atoms with Gasteiger partial charge in [-0.2, -0.15) is 16.7 Å². The van der Waals surface area contributed by atoms with Gasteiger partial charge in [-0.15, -0.1) is 0 Å². The summed E-state index contributed by atoms with van der Waals surface area (Å²) in [5.74, 6) is 2.55. The van der Waals surface area contributed by atoms with Gasteiger partial charge in [0.15, 0.2) is 6.61 Å². The molecule has 0 radical (unpaired) electrons. The fraction of sp³-hybridized carbons (Fsp3) is 0.286. The molecular formula is C21H22N2O4S. The van der Waals surface area contributed by atoms with E-state index in [0.29, 0.717) is 17.5 Å². The number of aromatic nitrogens is 2. The SMILES string of the molecule is COc1ccc(-c2nc(COC(=O)[C@@H](C)CSCc3ccccc3)no2)cc1. The topological polar surface area (TPSA) is 74.5 Å². The molecular weight excluding hydrogens is 376 g/mol. The highest BCUT2D eigenvalue weighted by molar-refractivity contribution is 7.98. The summed E-state index contributed by atoms with van der Waals surface area (Å²) in [7, 11) is 1.61. The van der Waals surface area contributed by atoms with E-state index in [1.807, 2.05) is 49.4 Å². The van der Waals surface area contributed by atoms with Crippen molar-refractivity contribution in [3.05, 3.63) is 66.0 Å². The van der Waals surface area contributed by atoms with Crippen molar-refractivity contribution < 1.29 is 18.8 Å². The number of carbonyl (C=O) groups excluding carboxylic acids is 1. The molecule has 1 aromatic heterocycles. The molecule has 28 heavy (non-hydrogen) atoms. The monoisotopic (exact) mass is 398 g/mol. The number of thioether (sulfide) groups is 1. The molecule has 0 bridgehead atoms. The molecule has 0 amide bonds. The zero-order valence-corrected chi connectivity index (χ0v) is 16.6. The number of methoxy groups -OCH3 is 1. The standard InChI is InChI=1S/C21H22N2O4S/c1-15(13-28-14-16-6-4-3-5-7-16)21(24)26-12-19-22-20(27-23-19)17-8-10-18(25-2)11-9-17/h3-11,15H,12-14H2,1-2H3/t15-/m0/s1. The molecule has 3 aromatic rings. The van der Waals surface area contributed by atoms with Gasteiger partial charge < -0.3 is 14.0 Å². The third-order valence-electron chi connectivity index (χ3n) is 4.03. The van der Waals surface area contributed by atoms with Crippen molar-refractivity contribution in [1.29, 1.82) is 0 Å². The Hall–Kier alpha value is -2.80. The van der Waals surface area contributed by atoms with Gasteiger partial charge in [-0.25, -0.2) is 0 Å². The molecule has 0 aliphatic rings. The first-order valence-corrected chi connectivity index (χ1v) is 10.1. The first-order valence-electron chi connectivity index (χ1n) is 8.91. The van der Waals surface area contributed by atoms with Crippen LogP contribution >= 0.6 is 11.8 Å². The van der Waals surface area contributed by atoms with Crippen LogP contribution in [-0.2, 0) is 21.9 Å². The normalized spacial score (nSPS) is 11.8. The largest absolute Gasteiger partial charge is 0.497 e. The molecule has 0 N–H and O–H groups in total. The average Bonchev–Trinajstić information content (AvgIpc) is 3.22. The minimum Gasteiger partial charge on any atom is -0.497 e. The molecule has 3 rings (SSSR count). The molecule has 1 atom stereocenters. The number of nitrogens with zero attached hydrogens (tertiary/aromatic N) is 2. The van der Waals surface area contributed by atoms with Gasteiger partial charge in [-0.3, -0.25) is 4.79 Å². The van der Waals surface area contributed by atoms with E-state index in [9.17, 15) is 4.79 Å². The number of hydrogen-bond donors (Lipinski definition) is 0. The van der Waals surface area contributed by atoms with Gasteiger partial charge in [0.25, 0.3) is 5.89 Å². The molecule has 146 valence electrons. The van der Waals surface area contributed by atoms with Crippen LogP contribution in [0.25, 0.3) is 11.5 Å². The first-order chi connectivity index (χ1) is 13.7. The fourth-order valence-electron chi connectivity index (χ4n) is 2.44. The molecule has 6 nitrogen and oxygen atoms in total. The summed E-state index contributed by atoms with van der Waals surface area (Å²) in [6.45, 7) is 1.85. The zero-order valence-electron chi connectivity index (χ0n) is 15.8. The van der Waals surface area contributed by atoms with Crippen molar-refractivity contribution in [3.8, 4) is 17.2 Å². The van der Waals surface area contributed by atoms with Gasteiger partial charge in [-0.05, 0) is 29.8 Å². The van der Waals surface area contributed by atoms with Crippen molar-refractivity contribution in [2.75, 3.05) is 12.9 Å². The minimum absolute atomic E-state index is 0.00776. The Kier molecular flexibility index (Phi) is 7.08. The van der Waals surface area contributed by atoms with Gasteiger partial charge in [0.2, 0.25) is 5.82 Å². The van der Waals surface area contributed by atoms with Gasteiger partial charge in [0.1, 0.15) is 5.75 Å². The van der Waals surface area contributed by atoms with E-state index in [1.165, 1.54) is 5.56 Å². The molecule has 0 aliphatic heterocycles. The van der Waals surface area contributed by atoms with Gasteiger partial charge in [0, 0.05) is 17.1 Å². The van der Waals surface area contributed by atoms with E-state index in [-0.39, 0.29) is 18.5 Å². The minimum atomic E-state index is -0.267. The van der Waals surface area contributed by atoms with Crippen LogP contribution in [0.4, 0.5) is 0 Å². The van der Waals surface area contributed by atoms with Crippen LogP contribution in [-0.4, -0.2) is 29.0 Å². The molecule has 0 unspecified atom stereocenters. The van der Waals surface area contributed by atoms with Crippen LogP contribution in [0.2, 0.25) is 0 Å². The predicted octanol–water partition coefficient (Wildman–Crippen LogP) is 4.36. The number of ether oxygens (including phenoxy) is 2. The Labute approximate surface area is 168 Å². The van der Waals surface area contributed by atoms with Crippen molar-refractivity contribution in [2.24, 2.45) is 5.92 Å². The van der Waals surface area contributed by atoms with E-state index < -0.39 is 0 Å². The van der Waals surface area contributed by atoms with Crippen LogP contribution in [0.3, 0.4) is 0 Å². The Morgan fingerprint density at radius 2 is 1.89 bits per heavy atom. The predicted molar refractivity (Wildman–Crippen MR) is 108 cm³/mol. The molecule has 0 fully saturated rings. The molecule has 0 aliphatic carbocycles. The average molecular weight is 398 g/mol. The Morgan fingerprint density at radius 3 is 2.61 bits per heavy atom. The summed E-state index contributed by atoms with van der Waals surface area (Å²) < 4.78 is 15.7. The van der Waals surface area contributed by atoms with Crippen LogP contribution < -0.4 is 4.74 Å². The van der Waals surface area contributed by atoms with Gasteiger partial charge >= 0.3 is 5.97 Å². The van der Waals surface area contributed by atoms with E-state index >= 15 is 0 Å². The highest BCUT2D eigenvalue weighted by Crippen LogP contribution is 2.21. The maximum absolute atomic E-state index is 12.2. The lowest BCUT2D eigenvalue weighted by atomic mass is 10.2. The van der Waals surface area contributed by atoms with E-state index in [1.54, 1.807) is 18.9 Å². The molecule has 0 saturated heterocycles. The molecule has 7 heteroatoms. The number of hydrogen-bond acceptors (Lipinski definition) is 7. The first kappa shape index (κ1) is 19.9. The summed E-state index contributed by atoms with van der Waals surface area (Å²) >= 11 is 1.71. The highest BCUT2D eigenvalue weighted by Gasteiger charge is 2.17. The quantitative estimate of drug-likeness (QED) is 0.496. The number of rotatable bonds is 9. The second-order valence-electron chi connectivity index (χ2n) is 6.25. The second-order valence-corrected chi connectivity index (χ2v) is 7.28. The van der Waals surface area contributed by atoms with Crippen molar-refractivity contribution in [2.45, 2.75) is 19.3 Å². The van der Waals surface area contributed by atoms with Crippen LogP contribution in [0.5, 0.6) is 5.75 Å². The van der Waals surface area contributed by atoms with Crippen LogP contribution in [0, 0.1) is 5.92 Å². The summed E-state index contributed by atoms with van der Waals surface area (Å²) in [5, 5.41) is 3.87. The van der Waals surface area contributed by atoms with Gasteiger partial charge in [0.05, 0.1) is 13.0 Å². The number of esters is 1. The lowest BCUT2D eigenvalue weighted by Gasteiger charge is -2.10. The molecule has 0 spiro atoms. The van der Waals surface area contributed by atoms with E-state index in [2.05, 4.69) is 22.3 Å². The van der Waals surface area contributed by atoms with Crippen LogP contribution in [0.15, 0.2) is 59.1 Å². The highest BCUT2D eigenvalue weighted by atomic mass is 32.2. The number of benzene rings is 2. The number of carbonyl (C=O) groups is 1. The molecule has 0 saturated carbocycles. The zero-order chi connectivity index (χ0) is 19.8. The van der Waals surface area contributed by atoms with Crippen molar-refractivity contribution in [1.82, 2.24) is 10.1 Å². The Balaban J connectivity index is 1.44.